The number of hydrogen-bond donors (Lipinski definition) is 1. The minimum Gasteiger partial charge on any atom is -0.456 e. The van der Waals surface area contributed by atoms with Crippen LogP contribution in [0.15, 0.2) is 78.0 Å². The summed E-state index contributed by atoms with van der Waals surface area (Å²) in [5.74, 6) is 0.876. The highest BCUT2D eigenvalue weighted by molar-refractivity contribution is 7.89. The van der Waals surface area contributed by atoms with E-state index in [0.29, 0.717) is 35.8 Å². The second-order valence-electron chi connectivity index (χ2n) is 7.87. The molecule has 1 aromatic heterocycles. The van der Waals surface area contributed by atoms with Gasteiger partial charge in [0.25, 0.3) is 5.91 Å². The van der Waals surface area contributed by atoms with Crippen LogP contribution in [0.25, 0.3) is 0 Å². The predicted molar refractivity (Wildman–Crippen MR) is 124 cm³/mol. The molecule has 1 N–H and O–H groups in total. The Hall–Kier alpha value is -3.27. The molecule has 0 saturated carbocycles. The molecule has 1 aliphatic heterocycles. The maximum atomic E-state index is 13.0. The van der Waals surface area contributed by atoms with Gasteiger partial charge in [-0.25, -0.2) is 8.42 Å². The number of aromatic nitrogens is 1. The van der Waals surface area contributed by atoms with Crippen molar-refractivity contribution in [2.75, 3.05) is 18.4 Å². The lowest BCUT2D eigenvalue weighted by molar-refractivity contribution is -0.0440. The maximum absolute atomic E-state index is 13.0. The largest absolute Gasteiger partial charge is 0.456 e. The van der Waals surface area contributed by atoms with E-state index in [4.69, 9.17) is 9.47 Å². The van der Waals surface area contributed by atoms with Crippen LogP contribution in [0.3, 0.4) is 0 Å². The maximum Gasteiger partial charge on any atom is 0.255 e. The average Bonchev–Trinajstić information content (AvgIpc) is 2.80. The quantitative estimate of drug-likeness (QED) is 0.590. The zero-order valence-corrected chi connectivity index (χ0v) is 19.2. The second-order valence-corrected chi connectivity index (χ2v) is 9.81. The number of nitrogens with one attached hydrogen (secondary N) is 1. The molecule has 2 unspecified atom stereocenters. The number of rotatable bonds is 6. The molecular weight excluding hydrogens is 442 g/mol. The van der Waals surface area contributed by atoms with Crippen molar-refractivity contribution in [3.63, 3.8) is 0 Å². The van der Waals surface area contributed by atoms with Crippen LogP contribution >= 0.6 is 0 Å². The fraction of sp³-hybridized carbons (Fsp3) is 0.250. The van der Waals surface area contributed by atoms with Gasteiger partial charge in [-0.2, -0.15) is 4.31 Å². The molecule has 0 spiro atoms. The summed E-state index contributed by atoms with van der Waals surface area (Å²) in [5, 5.41) is 2.78. The Morgan fingerprint density at radius 3 is 2.27 bits per heavy atom. The molecule has 1 amide bonds. The molecule has 1 fully saturated rings. The Morgan fingerprint density at radius 2 is 1.67 bits per heavy atom. The van der Waals surface area contributed by atoms with Crippen molar-refractivity contribution < 1.29 is 22.7 Å². The molecule has 2 heterocycles. The number of pyridine rings is 1. The van der Waals surface area contributed by atoms with E-state index in [2.05, 4.69) is 10.3 Å². The van der Waals surface area contributed by atoms with E-state index in [1.807, 2.05) is 13.8 Å². The van der Waals surface area contributed by atoms with Crippen LogP contribution in [0.1, 0.15) is 24.2 Å². The second kappa shape index (κ2) is 9.70. The fourth-order valence-corrected chi connectivity index (χ4v) is 5.20. The molecule has 9 heteroatoms. The predicted octanol–water partition coefficient (Wildman–Crippen LogP) is 3.92. The molecule has 172 valence electrons. The average molecular weight is 468 g/mol. The zero-order chi connectivity index (χ0) is 23.4. The number of anilines is 1. The van der Waals surface area contributed by atoms with E-state index in [1.165, 1.54) is 16.4 Å². The van der Waals surface area contributed by atoms with E-state index in [9.17, 15) is 13.2 Å². The fourth-order valence-electron chi connectivity index (χ4n) is 3.61. The summed E-state index contributed by atoms with van der Waals surface area (Å²) in [6, 6.07) is 16.4. The van der Waals surface area contributed by atoms with Gasteiger partial charge in [0.15, 0.2) is 0 Å². The lowest BCUT2D eigenvalue weighted by Gasteiger charge is -2.34. The van der Waals surface area contributed by atoms with Gasteiger partial charge in [0.05, 0.1) is 23.3 Å². The normalized spacial score (nSPS) is 19.1. The van der Waals surface area contributed by atoms with Gasteiger partial charge in [0, 0.05) is 30.5 Å². The van der Waals surface area contributed by atoms with Gasteiger partial charge in [-0.3, -0.25) is 9.78 Å². The van der Waals surface area contributed by atoms with Gasteiger partial charge in [0.2, 0.25) is 10.0 Å². The molecule has 0 aliphatic carbocycles. The molecule has 4 rings (SSSR count). The van der Waals surface area contributed by atoms with Crippen molar-refractivity contribution in [1.82, 2.24) is 9.29 Å². The molecule has 2 atom stereocenters. The van der Waals surface area contributed by atoms with Crippen LogP contribution in [0.5, 0.6) is 11.5 Å². The van der Waals surface area contributed by atoms with Crippen molar-refractivity contribution in [2.24, 2.45) is 0 Å². The van der Waals surface area contributed by atoms with Crippen LogP contribution in [-0.2, 0) is 14.8 Å². The van der Waals surface area contributed by atoms with Crippen molar-refractivity contribution in [1.29, 1.82) is 0 Å². The summed E-state index contributed by atoms with van der Waals surface area (Å²) in [6.07, 6.45) is 2.93. The van der Waals surface area contributed by atoms with Gasteiger partial charge in [0.1, 0.15) is 11.5 Å². The summed E-state index contributed by atoms with van der Waals surface area (Å²) < 4.78 is 38.7. The van der Waals surface area contributed by atoms with Crippen molar-refractivity contribution in [2.45, 2.75) is 31.0 Å². The third-order valence-corrected chi connectivity index (χ3v) is 6.97. The Morgan fingerprint density at radius 1 is 1.00 bits per heavy atom. The summed E-state index contributed by atoms with van der Waals surface area (Å²) in [5.41, 5.74) is 0.944. The molecule has 33 heavy (non-hydrogen) atoms. The summed E-state index contributed by atoms with van der Waals surface area (Å²) in [6.45, 7) is 4.33. The number of ether oxygens (including phenoxy) is 2. The zero-order valence-electron chi connectivity index (χ0n) is 18.3. The number of benzene rings is 2. The molecule has 3 aromatic rings. The van der Waals surface area contributed by atoms with Crippen LogP contribution in [0.2, 0.25) is 0 Å². The smallest absolute Gasteiger partial charge is 0.255 e. The summed E-state index contributed by atoms with van der Waals surface area (Å²) in [4.78, 5) is 16.8. The monoisotopic (exact) mass is 467 g/mol. The van der Waals surface area contributed by atoms with E-state index >= 15 is 0 Å². The number of nitrogens with zero attached hydrogens (tertiary/aromatic N) is 2. The van der Waals surface area contributed by atoms with Crippen molar-refractivity contribution in [3.8, 4) is 11.5 Å². The number of sulfonamides is 1. The van der Waals surface area contributed by atoms with E-state index in [0.717, 1.165) is 0 Å². The summed E-state index contributed by atoms with van der Waals surface area (Å²) >= 11 is 0. The van der Waals surface area contributed by atoms with E-state index in [1.54, 1.807) is 60.9 Å². The van der Waals surface area contributed by atoms with E-state index in [-0.39, 0.29) is 23.0 Å². The molecule has 1 aliphatic rings. The number of carbonyl (C=O) groups is 1. The SMILES string of the molecule is CC1CN(S(=O)(=O)c2ccc(NC(=O)c3ccc(Oc4cccnc4)cc3)cc2)CC(C)O1. The highest BCUT2D eigenvalue weighted by Gasteiger charge is 2.32. The Balaban J connectivity index is 1.40. The van der Waals surface area contributed by atoms with Gasteiger partial charge in [-0.15, -0.1) is 0 Å². The number of carbonyl (C=O) groups excluding carboxylic acids is 1. The first kappa shape index (κ1) is 22.9. The van der Waals surface area contributed by atoms with Gasteiger partial charge < -0.3 is 14.8 Å². The molecule has 8 nitrogen and oxygen atoms in total. The van der Waals surface area contributed by atoms with Crippen LogP contribution in [-0.4, -0.2) is 48.9 Å². The third kappa shape index (κ3) is 5.57. The van der Waals surface area contributed by atoms with Crippen molar-refractivity contribution in [3.05, 3.63) is 78.6 Å². The first-order valence-electron chi connectivity index (χ1n) is 10.6. The Labute approximate surface area is 193 Å². The highest BCUT2D eigenvalue weighted by atomic mass is 32.2. The molecular formula is C24H25N3O5S. The molecule has 0 bridgehead atoms. The van der Waals surface area contributed by atoms with Gasteiger partial charge in [-0.1, -0.05) is 0 Å². The molecule has 2 aromatic carbocycles. The minimum absolute atomic E-state index is 0.164. The lowest BCUT2D eigenvalue weighted by Crippen LogP contribution is -2.48. The first-order chi connectivity index (χ1) is 15.8. The standard InChI is InChI=1S/C24H25N3O5S/c1-17-15-27(16-18(2)31-17)33(29,30)23-11-7-20(8-12-23)26-24(28)19-5-9-21(10-6-19)32-22-4-3-13-25-14-22/h3-14,17-18H,15-16H2,1-2H3,(H,26,28). The molecule has 1 saturated heterocycles. The number of hydrogen-bond acceptors (Lipinski definition) is 6. The minimum atomic E-state index is -3.63. The van der Waals surface area contributed by atoms with E-state index < -0.39 is 10.0 Å². The first-order valence-corrected chi connectivity index (χ1v) is 12.0. The van der Waals surface area contributed by atoms with Crippen molar-refractivity contribution >= 4 is 21.6 Å². The highest BCUT2D eigenvalue weighted by Crippen LogP contribution is 2.24. The summed E-state index contributed by atoms with van der Waals surface area (Å²) in [7, 11) is -3.63. The van der Waals surface area contributed by atoms with Crippen LogP contribution in [0.4, 0.5) is 5.69 Å². The van der Waals surface area contributed by atoms with Gasteiger partial charge >= 0.3 is 0 Å². The Bertz CT molecular complexity index is 1190. The van der Waals surface area contributed by atoms with Crippen LogP contribution < -0.4 is 10.1 Å². The third-order valence-electron chi connectivity index (χ3n) is 5.12. The topological polar surface area (TPSA) is 97.8 Å². The lowest BCUT2D eigenvalue weighted by atomic mass is 10.2. The number of amides is 1. The van der Waals surface area contributed by atoms with Crippen LogP contribution in [0, 0.1) is 0 Å². The number of morpholine rings is 1. The molecule has 0 radical (unpaired) electrons. The van der Waals surface area contributed by atoms with Gasteiger partial charge in [-0.05, 0) is 74.5 Å². The Kier molecular flexibility index (Phi) is 6.73.